The summed E-state index contributed by atoms with van der Waals surface area (Å²) in [4.78, 5) is 12.0. The molecule has 2 aliphatic rings. The molecule has 174 valence electrons. The van der Waals surface area contributed by atoms with Gasteiger partial charge < -0.3 is 15.2 Å². The zero-order valence-corrected chi connectivity index (χ0v) is 19.7. The van der Waals surface area contributed by atoms with E-state index in [4.69, 9.17) is 16.3 Å². The quantitative estimate of drug-likeness (QED) is 0.319. The lowest BCUT2D eigenvalue weighted by Gasteiger charge is -2.38. The van der Waals surface area contributed by atoms with Gasteiger partial charge in [0.15, 0.2) is 0 Å². The van der Waals surface area contributed by atoms with Gasteiger partial charge in [0.25, 0.3) is 0 Å². The molecular weight excluding hydrogens is 458 g/mol. The number of fused-ring (bicyclic) bond motifs is 5. The first-order chi connectivity index (χ1) is 17.1. The molecule has 0 bridgehead atoms. The van der Waals surface area contributed by atoms with Crippen molar-refractivity contribution in [3.05, 3.63) is 129 Å². The van der Waals surface area contributed by atoms with Crippen molar-refractivity contribution in [3.8, 4) is 5.75 Å². The number of hydrogen-bond donors (Lipinski definition) is 2. The molecule has 4 aromatic rings. The maximum absolute atomic E-state index is 12.0. The highest BCUT2D eigenvalue weighted by Gasteiger charge is 2.44. The van der Waals surface area contributed by atoms with E-state index in [0.717, 1.165) is 34.5 Å². The number of anilines is 1. The Balaban J connectivity index is 1.32. The largest absolute Gasteiger partial charge is 0.489 e. The van der Waals surface area contributed by atoms with Crippen molar-refractivity contribution >= 4 is 23.3 Å². The monoisotopic (exact) mass is 481 g/mol. The summed E-state index contributed by atoms with van der Waals surface area (Å²) in [7, 11) is 0. The van der Waals surface area contributed by atoms with E-state index in [-0.39, 0.29) is 12.0 Å². The second-order valence-corrected chi connectivity index (χ2v) is 9.66. The predicted molar refractivity (Wildman–Crippen MR) is 137 cm³/mol. The van der Waals surface area contributed by atoms with Crippen molar-refractivity contribution in [3.63, 3.8) is 0 Å². The Hall–Kier alpha value is -3.76. The van der Waals surface area contributed by atoms with Crippen molar-refractivity contribution in [2.75, 3.05) is 5.32 Å². The molecule has 1 heterocycles. The summed E-state index contributed by atoms with van der Waals surface area (Å²) in [5.41, 5.74) is 6.93. The SMILES string of the molecule is O=C(O)c1cccc2c1N[C@H](c1ccc(OCc3ccc(Cl)cc3)cc1)[C@@H]1Cc3ccccc3[C@H]21. The fourth-order valence-corrected chi connectivity index (χ4v) is 5.74. The molecule has 3 atom stereocenters. The van der Waals surface area contributed by atoms with Crippen LogP contribution in [0.1, 0.15) is 50.1 Å². The number of nitrogens with one attached hydrogen (secondary N) is 1. The molecule has 0 amide bonds. The van der Waals surface area contributed by atoms with Crippen LogP contribution in [0.15, 0.2) is 91.0 Å². The van der Waals surface area contributed by atoms with E-state index in [1.54, 1.807) is 6.07 Å². The topological polar surface area (TPSA) is 58.6 Å². The first-order valence-electron chi connectivity index (χ1n) is 11.8. The number of hydrogen-bond acceptors (Lipinski definition) is 3. The minimum atomic E-state index is -0.913. The lowest BCUT2D eigenvalue weighted by molar-refractivity contribution is 0.0697. The molecule has 0 radical (unpaired) electrons. The Labute approximate surface area is 209 Å². The maximum atomic E-state index is 12.0. The number of aromatic carboxylic acids is 1. The third kappa shape index (κ3) is 3.94. The van der Waals surface area contributed by atoms with Gasteiger partial charge in [-0.1, -0.05) is 72.3 Å². The van der Waals surface area contributed by atoms with Crippen molar-refractivity contribution in [2.24, 2.45) is 5.92 Å². The normalized spacial score (nSPS) is 19.7. The van der Waals surface area contributed by atoms with E-state index in [2.05, 4.69) is 47.8 Å². The third-order valence-electron chi connectivity index (χ3n) is 7.22. The molecule has 6 rings (SSSR count). The number of benzene rings is 4. The number of para-hydroxylation sites is 1. The highest BCUT2D eigenvalue weighted by Crippen LogP contribution is 2.54. The molecule has 35 heavy (non-hydrogen) atoms. The highest BCUT2D eigenvalue weighted by atomic mass is 35.5. The number of carboxylic acids is 1. The molecule has 0 fully saturated rings. The van der Waals surface area contributed by atoms with Crippen LogP contribution >= 0.6 is 11.6 Å². The standard InChI is InChI=1S/C30H24ClNO3/c31-21-12-8-18(9-13-21)17-35-22-14-10-19(11-15-22)28-26-16-20-4-1-2-5-23(20)27(26)24-6-3-7-25(30(33)34)29(24)32-28/h1-15,26-28,32H,16-17H2,(H,33,34)/t26-,27-,28-/m1/s1. The lowest BCUT2D eigenvalue weighted by Crippen LogP contribution is -2.31. The van der Waals surface area contributed by atoms with E-state index in [1.165, 1.54) is 11.1 Å². The minimum absolute atomic E-state index is 0.00860. The second kappa shape index (κ2) is 8.79. The van der Waals surface area contributed by atoms with E-state index in [0.29, 0.717) is 23.1 Å². The average Bonchev–Trinajstić information content (AvgIpc) is 3.28. The molecule has 1 aliphatic carbocycles. The number of rotatable bonds is 5. The van der Waals surface area contributed by atoms with Gasteiger partial charge in [-0.3, -0.25) is 0 Å². The first-order valence-corrected chi connectivity index (χ1v) is 12.1. The molecule has 0 saturated heterocycles. The van der Waals surface area contributed by atoms with Gasteiger partial charge in [0.2, 0.25) is 0 Å². The van der Waals surface area contributed by atoms with Crippen LogP contribution in [0, 0.1) is 5.92 Å². The summed E-state index contributed by atoms with van der Waals surface area (Å²) in [6.45, 7) is 0.466. The summed E-state index contributed by atoms with van der Waals surface area (Å²) >= 11 is 5.97. The van der Waals surface area contributed by atoms with Gasteiger partial charge in [-0.15, -0.1) is 0 Å². The van der Waals surface area contributed by atoms with Gasteiger partial charge in [0.1, 0.15) is 12.4 Å². The maximum Gasteiger partial charge on any atom is 0.337 e. The minimum Gasteiger partial charge on any atom is -0.489 e. The van der Waals surface area contributed by atoms with Crippen LogP contribution in [-0.2, 0) is 13.0 Å². The molecule has 1 aliphatic heterocycles. The smallest absolute Gasteiger partial charge is 0.337 e. The molecule has 5 heteroatoms. The van der Waals surface area contributed by atoms with Gasteiger partial charge in [0.05, 0.1) is 17.3 Å². The fourth-order valence-electron chi connectivity index (χ4n) is 5.61. The molecule has 4 aromatic carbocycles. The van der Waals surface area contributed by atoms with Crippen molar-refractivity contribution < 1.29 is 14.6 Å². The summed E-state index contributed by atoms with van der Waals surface area (Å²) < 4.78 is 5.98. The van der Waals surface area contributed by atoms with Crippen LogP contribution in [0.3, 0.4) is 0 Å². The van der Waals surface area contributed by atoms with Crippen molar-refractivity contribution in [2.45, 2.75) is 25.0 Å². The lowest BCUT2D eigenvalue weighted by atomic mass is 9.75. The van der Waals surface area contributed by atoms with Crippen molar-refractivity contribution in [1.29, 1.82) is 0 Å². The van der Waals surface area contributed by atoms with E-state index < -0.39 is 5.97 Å². The summed E-state index contributed by atoms with van der Waals surface area (Å²) in [6.07, 6.45) is 0.948. The molecule has 0 saturated carbocycles. The summed E-state index contributed by atoms with van der Waals surface area (Å²) in [6, 6.07) is 29.9. The van der Waals surface area contributed by atoms with Crippen LogP contribution in [-0.4, -0.2) is 11.1 Å². The van der Waals surface area contributed by atoms with Gasteiger partial charge in [-0.2, -0.15) is 0 Å². The Kier molecular flexibility index (Phi) is 5.46. The molecule has 2 N–H and O–H groups in total. The van der Waals surface area contributed by atoms with Crippen LogP contribution in [0.5, 0.6) is 5.75 Å². The van der Waals surface area contributed by atoms with E-state index >= 15 is 0 Å². The second-order valence-electron chi connectivity index (χ2n) is 9.23. The highest BCUT2D eigenvalue weighted by molar-refractivity contribution is 6.30. The number of ether oxygens (including phenoxy) is 1. The zero-order chi connectivity index (χ0) is 23.9. The van der Waals surface area contributed by atoms with E-state index in [1.807, 2.05) is 42.5 Å². The Morgan fingerprint density at radius 3 is 2.43 bits per heavy atom. The van der Waals surface area contributed by atoms with Crippen LogP contribution in [0.4, 0.5) is 5.69 Å². The van der Waals surface area contributed by atoms with Gasteiger partial charge in [-0.25, -0.2) is 4.79 Å². The molecule has 0 aromatic heterocycles. The van der Waals surface area contributed by atoms with Gasteiger partial charge in [-0.05, 0) is 70.5 Å². The number of halogens is 1. The zero-order valence-electron chi connectivity index (χ0n) is 18.9. The van der Waals surface area contributed by atoms with Crippen LogP contribution < -0.4 is 10.1 Å². The Bertz CT molecular complexity index is 1400. The summed E-state index contributed by atoms with van der Waals surface area (Å²) in [5.74, 6) is 0.332. The Morgan fingerprint density at radius 1 is 0.914 bits per heavy atom. The van der Waals surface area contributed by atoms with E-state index in [9.17, 15) is 9.90 Å². The first kappa shape index (κ1) is 21.8. The molecule has 0 unspecified atom stereocenters. The van der Waals surface area contributed by atoms with Gasteiger partial charge in [0, 0.05) is 10.9 Å². The average molecular weight is 482 g/mol. The van der Waals surface area contributed by atoms with Gasteiger partial charge >= 0.3 is 5.97 Å². The molecule has 0 spiro atoms. The number of carbonyl (C=O) groups is 1. The Morgan fingerprint density at radius 2 is 1.66 bits per heavy atom. The summed E-state index contributed by atoms with van der Waals surface area (Å²) in [5, 5.41) is 14.2. The third-order valence-corrected chi connectivity index (χ3v) is 7.47. The van der Waals surface area contributed by atoms with Crippen LogP contribution in [0.25, 0.3) is 0 Å². The number of carboxylic acid groups (broad SMARTS) is 1. The molecular formula is C30H24ClNO3. The van der Waals surface area contributed by atoms with Crippen molar-refractivity contribution in [1.82, 2.24) is 0 Å². The molecule has 4 nitrogen and oxygen atoms in total. The fraction of sp³-hybridized carbons (Fsp3) is 0.167. The van der Waals surface area contributed by atoms with Crippen LogP contribution in [0.2, 0.25) is 5.02 Å². The predicted octanol–water partition coefficient (Wildman–Crippen LogP) is 7.09.